The maximum absolute atomic E-state index is 12.1. The van der Waals surface area contributed by atoms with Crippen molar-refractivity contribution < 1.29 is 19.1 Å². The lowest BCUT2D eigenvalue weighted by Gasteiger charge is -2.28. The Bertz CT molecular complexity index is 552. The van der Waals surface area contributed by atoms with Crippen molar-refractivity contribution in [3.63, 3.8) is 0 Å². The first-order chi connectivity index (χ1) is 10.4. The van der Waals surface area contributed by atoms with Gasteiger partial charge in [-0.05, 0) is 27.2 Å². The second-order valence-electron chi connectivity index (χ2n) is 7.56. The van der Waals surface area contributed by atoms with E-state index in [4.69, 9.17) is 9.47 Å². The lowest BCUT2D eigenvalue weighted by atomic mass is 9.89. The van der Waals surface area contributed by atoms with Gasteiger partial charge in [0.2, 0.25) is 0 Å². The van der Waals surface area contributed by atoms with Crippen molar-refractivity contribution in [1.29, 1.82) is 0 Å². The van der Waals surface area contributed by atoms with Crippen LogP contribution in [0.3, 0.4) is 0 Å². The predicted octanol–water partition coefficient (Wildman–Crippen LogP) is 4.53. The molecular weight excluding hydrogens is 314 g/mol. The largest absolute Gasteiger partial charge is 0.455 e. The summed E-state index contributed by atoms with van der Waals surface area (Å²) >= 11 is 1.31. The van der Waals surface area contributed by atoms with Gasteiger partial charge in [0.1, 0.15) is 10.6 Å². The van der Waals surface area contributed by atoms with Gasteiger partial charge in [0.15, 0.2) is 11.8 Å². The Balaban J connectivity index is 2.97. The van der Waals surface area contributed by atoms with E-state index >= 15 is 0 Å². The van der Waals surface area contributed by atoms with Crippen LogP contribution in [-0.4, -0.2) is 22.5 Å². The second-order valence-corrected chi connectivity index (χ2v) is 8.45. The van der Waals surface area contributed by atoms with E-state index < -0.39 is 17.7 Å². The lowest BCUT2D eigenvalue weighted by Crippen LogP contribution is -2.25. The van der Waals surface area contributed by atoms with Crippen LogP contribution in [0.5, 0.6) is 0 Å². The second kappa shape index (κ2) is 7.43. The highest BCUT2D eigenvalue weighted by Crippen LogP contribution is 2.38. The molecule has 0 unspecified atom stereocenters. The van der Waals surface area contributed by atoms with Gasteiger partial charge in [-0.2, -0.15) is 0 Å². The number of thiazole rings is 1. The van der Waals surface area contributed by atoms with Crippen molar-refractivity contribution in [2.24, 2.45) is 5.41 Å². The minimum atomic E-state index is -0.572. The van der Waals surface area contributed by atoms with E-state index in [0.29, 0.717) is 11.4 Å². The number of ether oxygens (including phenoxy) is 2. The van der Waals surface area contributed by atoms with Crippen LogP contribution in [0.1, 0.15) is 82.9 Å². The molecule has 0 spiro atoms. The number of hydrogen-bond donors (Lipinski definition) is 0. The fraction of sp³-hybridized carbons (Fsp3) is 0.706. The SMILES string of the molecule is CCCC(=O)O[C@@H](c1nc(C(=O)OC(C)(C)C)cs1)C(C)(C)C. The van der Waals surface area contributed by atoms with E-state index in [1.54, 1.807) is 5.38 Å². The maximum Gasteiger partial charge on any atom is 0.358 e. The molecule has 23 heavy (non-hydrogen) atoms. The minimum Gasteiger partial charge on any atom is -0.455 e. The van der Waals surface area contributed by atoms with Gasteiger partial charge >= 0.3 is 11.9 Å². The molecule has 1 aromatic rings. The van der Waals surface area contributed by atoms with Crippen LogP contribution >= 0.6 is 11.3 Å². The first-order valence-corrected chi connectivity index (χ1v) is 8.70. The van der Waals surface area contributed by atoms with Gasteiger partial charge in [0, 0.05) is 17.2 Å². The molecule has 0 radical (unpaired) electrons. The maximum atomic E-state index is 12.1. The number of carbonyl (C=O) groups is 2. The van der Waals surface area contributed by atoms with Crippen molar-refractivity contribution in [2.45, 2.75) is 73.0 Å². The molecule has 0 saturated carbocycles. The number of hydrogen-bond acceptors (Lipinski definition) is 6. The number of aromatic nitrogens is 1. The molecule has 0 N–H and O–H groups in total. The Labute approximate surface area is 142 Å². The zero-order chi connectivity index (χ0) is 17.8. The Hall–Kier alpha value is -1.43. The smallest absolute Gasteiger partial charge is 0.358 e. The summed E-state index contributed by atoms with van der Waals surface area (Å²) in [5.74, 6) is -0.714. The Morgan fingerprint density at radius 3 is 2.30 bits per heavy atom. The number of esters is 2. The summed E-state index contributed by atoms with van der Waals surface area (Å²) in [6.07, 6.45) is 0.621. The van der Waals surface area contributed by atoms with Gasteiger partial charge < -0.3 is 9.47 Å². The zero-order valence-electron chi connectivity index (χ0n) is 15.1. The summed E-state index contributed by atoms with van der Waals surface area (Å²) in [7, 11) is 0. The highest BCUT2D eigenvalue weighted by atomic mass is 32.1. The van der Waals surface area contributed by atoms with Crippen molar-refractivity contribution in [2.75, 3.05) is 0 Å². The third kappa shape index (κ3) is 6.29. The average molecular weight is 341 g/mol. The van der Waals surface area contributed by atoms with Crippen LogP contribution in [0, 0.1) is 5.41 Å². The summed E-state index contributed by atoms with van der Waals surface area (Å²) in [4.78, 5) is 28.3. The first kappa shape index (κ1) is 19.6. The molecule has 130 valence electrons. The van der Waals surface area contributed by atoms with E-state index in [2.05, 4.69) is 4.98 Å². The quantitative estimate of drug-likeness (QED) is 0.736. The van der Waals surface area contributed by atoms with Gasteiger partial charge in [-0.25, -0.2) is 9.78 Å². The molecule has 0 fully saturated rings. The van der Waals surface area contributed by atoms with Gasteiger partial charge in [-0.1, -0.05) is 27.7 Å². The molecule has 1 aromatic heterocycles. The molecule has 5 nitrogen and oxygen atoms in total. The highest BCUT2D eigenvalue weighted by Gasteiger charge is 2.33. The molecule has 0 bridgehead atoms. The van der Waals surface area contributed by atoms with Crippen molar-refractivity contribution in [3.05, 3.63) is 16.1 Å². The topological polar surface area (TPSA) is 65.5 Å². The van der Waals surface area contributed by atoms with Crippen molar-refractivity contribution >= 4 is 23.3 Å². The molecule has 0 aliphatic carbocycles. The van der Waals surface area contributed by atoms with Gasteiger partial charge in [0.25, 0.3) is 0 Å². The van der Waals surface area contributed by atoms with Gasteiger partial charge in [0.05, 0.1) is 0 Å². The van der Waals surface area contributed by atoms with E-state index in [-0.39, 0.29) is 17.1 Å². The number of nitrogens with zero attached hydrogens (tertiary/aromatic N) is 1. The monoisotopic (exact) mass is 341 g/mol. The molecule has 1 rings (SSSR count). The van der Waals surface area contributed by atoms with E-state index in [1.165, 1.54) is 11.3 Å². The molecule has 1 heterocycles. The fourth-order valence-electron chi connectivity index (χ4n) is 1.82. The minimum absolute atomic E-state index is 0.249. The van der Waals surface area contributed by atoms with E-state index in [9.17, 15) is 9.59 Å². The lowest BCUT2D eigenvalue weighted by molar-refractivity contribution is -0.155. The molecule has 6 heteroatoms. The van der Waals surface area contributed by atoms with E-state index in [0.717, 1.165) is 6.42 Å². The van der Waals surface area contributed by atoms with E-state index in [1.807, 2.05) is 48.5 Å². The highest BCUT2D eigenvalue weighted by molar-refractivity contribution is 7.09. The van der Waals surface area contributed by atoms with Crippen LogP contribution in [-0.2, 0) is 14.3 Å². The molecule has 0 amide bonds. The van der Waals surface area contributed by atoms with Crippen molar-refractivity contribution in [1.82, 2.24) is 4.98 Å². The number of carbonyl (C=O) groups excluding carboxylic acids is 2. The van der Waals surface area contributed by atoms with Crippen LogP contribution < -0.4 is 0 Å². The molecular formula is C17H27NO4S. The summed E-state index contributed by atoms with van der Waals surface area (Å²) in [5.41, 5.74) is -0.634. The summed E-state index contributed by atoms with van der Waals surface area (Å²) in [5, 5.41) is 2.26. The summed E-state index contributed by atoms with van der Waals surface area (Å²) in [6, 6.07) is 0. The Kier molecular flexibility index (Phi) is 6.33. The molecule has 1 atom stereocenters. The Morgan fingerprint density at radius 1 is 1.22 bits per heavy atom. The third-order valence-electron chi connectivity index (χ3n) is 2.84. The third-order valence-corrected chi connectivity index (χ3v) is 3.73. The number of rotatable bonds is 5. The Morgan fingerprint density at radius 2 is 1.83 bits per heavy atom. The normalized spacial score (nSPS) is 13.5. The summed E-state index contributed by atoms with van der Waals surface area (Å²) in [6.45, 7) is 13.3. The predicted molar refractivity (Wildman–Crippen MR) is 90.5 cm³/mol. The van der Waals surface area contributed by atoms with Crippen LogP contribution in [0.15, 0.2) is 5.38 Å². The van der Waals surface area contributed by atoms with Crippen LogP contribution in [0.25, 0.3) is 0 Å². The fourth-order valence-corrected chi connectivity index (χ4v) is 2.88. The van der Waals surface area contributed by atoms with Crippen molar-refractivity contribution in [3.8, 4) is 0 Å². The molecule has 0 aliphatic heterocycles. The average Bonchev–Trinajstić information content (AvgIpc) is 2.82. The summed E-state index contributed by atoms with van der Waals surface area (Å²) < 4.78 is 10.9. The standard InChI is InChI=1S/C17H27NO4S/c1-8-9-12(19)21-13(16(2,3)4)14-18-11(10-23-14)15(20)22-17(5,6)7/h10,13H,8-9H2,1-7H3/t13-/m0/s1. The molecule has 0 saturated heterocycles. The van der Waals surface area contributed by atoms with Gasteiger partial charge in [-0.3, -0.25) is 4.79 Å². The zero-order valence-corrected chi connectivity index (χ0v) is 15.9. The van der Waals surface area contributed by atoms with Crippen LogP contribution in [0.2, 0.25) is 0 Å². The van der Waals surface area contributed by atoms with Gasteiger partial charge in [-0.15, -0.1) is 11.3 Å². The van der Waals surface area contributed by atoms with Crippen LogP contribution in [0.4, 0.5) is 0 Å². The molecule has 0 aliphatic rings. The molecule has 0 aromatic carbocycles. The first-order valence-electron chi connectivity index (χ1n) is 7.82.